The second kappa shape index (κ2) is 6.80. The molecule has 2 heterocycles. The summed E-state index contributed by atoms with van der Waals surface area (Å²) in [5.41, 5.74) is 8.86. The van der Waals surface area contributed by atoms with Gasteiger partial charge in [-0.1, -0.05) is 23.8 Å². The summed E-state index contributed by atoms with van der Waals surface area (Å²) in [5.74, 6) is 0.498. The third-order valence-electron chi connectivity index (χ3n) is 4.09. The van der Waals surface area contributed by atoms with Crippen LogP contribution in [0, 0.1) is 6.92 Å². The van der Waals surface area contributed by atoms with Gasteiger partial charge >= 0.3 is 0 Å². The van der Waals surface area contributed by atoms with Crippen molar-refractivity contribution in [2.24, 2.45) is 5.73 Å². The van der Waals surface area contributed by atoms with E-state index < -0.39 is 5.91 Å². The number of rotatable bonds is 4. The van der Waals surface area contributed by atoms with Crippen LogP contribution in [0.25, 0.3) is 22.4 Å². The molecule has 4 rings (SSSR count). The minimum atomic E-state index is -0.512. The number of aromatic nitrogens is 4. The highest BCUT2D eigenvalue weighted by Gasteiger charge is 2.14. The number of nitrogens with two attached hydrogens (primary N) is 1. The summed E-state index contributed by atoms with van der Waals surface area (Å²) in [7, 11) is 0. The zero-order chi connectivity index (χ0) is 18.8. The highest BCUT2D eigenvalue weighted by molar-refractivity contribution is 6.01. The number of hydrogen-bond acceptors (Lipinski definition) is 6. The predicted octanol–water partition coefficient (Wildman–Crippen LogP) is 3.24. The van der Waals surface area contributed by atoms with Crippen molar-refractivity contribution in [1.82, 2.24) is 19.9 Å². The van der Waals surface area contributed by atoms with E-state index in [0.717, 1.165) is 16.5 Å². The van der Waals surface area contributed by atoms with Crippen LogP contribution in [-0.2, 0) is 0 Å². The number of nitrogens with one attached hydrogen (secondary N) is 1. The molecule has 4 aromatic rings. The van der Waals surface area contributed by atoms with Gasteiger partial charge in [0, 0.05) is 17.8 Å². The molecule has 0 spiro atoms. The lowest BCUT2D eigenvalue weighted by molar-refractivity contribution is 0.100. The average Bonchev–Trinajstić information content (AvgIpc) is 2.69. The second-order valence-electron chi connectivity index (χ2n) is 6.04. The van der Waals surface area contributed by atoms with E-state index in [-0.39, 0.29) is 0 Å². The molecule has 0 atom stereocenters. The van der Waals surface area contributed by atoms with Crippen molar-refractivity contribution in [3.63, 3.8) is 0 Å². The zero-order valence-electron chi connectivity index (χ0n) is 14.5. The standard InChI is InChI=1S/C20H16N6O/c1-12-6-7-16-14(10-12)19(24-15-5-3-2-4-13(15)18(21)27)26-20(25-16)17-11-22-8-9-23-17/h2-11H,1H3,(H2,21,27)(H,24,25,26). The van der Waals surface area contributed by atoms with Gasteiger partial charge in [-0.3, -0.25) is 9.78 Å². The van der Waals surface area contributed by atoms with Crippen LogP contribution in [0.3, 0.4) is 0 Å². The van der Waals surface area contributed by atoms with Crippen LogP contribution >= 0.6 is 0 Å². The second-order valence-corrected chi connectivity index (χ2v) is 6.04. The highest BCUT2D eigenvalue weighted by Crippen LogP contribution is 2.28. The molecule has 0 aliphatic rings. The van der Waals surface area contributed by atoms with Crippen molar-refractivity contribution in [1.29, 1.82) is 0 Å². The van der Waals surface area contributed by atoms with Gasteiger partial charge in [0.05, 0.1) is 23.0 Å². The molecule has 0 saturated carbocycles. The molecule has 2 aromatic carbocycles. The molecule has 3 N–H and O–H groups in total. The highest BCUT2D eigenvalue weighted by atomic mass is 16.1. The smallest absolute Gasteiger partial charge is 0.250 e. The van der Waals surface area contributed by atoms with Crippen LogP contribution in [0.2, 0.25) is 0 Å². The van der Waals surface area contributed by atoms with Crippen molar-refractivity contribution < 1.29 is 4.79 Å². The summed E-state index contributed by atoms with van der Waals surface area (Å²) in [6.45, 7) is 2.00. The molecule has 0 bridgehead atoms. The number of aryl methyl sites for hydroxylation is 1. The lowest BCUT2D eigenvalue weighted by atomic mass is 10.1. The summed E-state index contributed by atoms with van der Waals surface area (Å²) < 4.78 is 0. The summed E-state index contributed by atoms with van der Waals surface area (Å²) in [6.07, 6.45) is 4.79. The Kier molecular flexibility index (Phi) is 4.18. The first kappa shape index (κ1) is 16.6. The van der Waals surface area contributed by atoms with E-state index in [1.54, 1.807) is 36.8 Å². The molecule has 7 nitrogen and oxygen atoms in total. The number of anilines is 2. The lowest BCUT2D eigenvalue weighted by Gasteiger charge is -2.13. The molecule has 7 heteroatoms. The van der Waals surface area contributed by atoms with Gasteiger partial charge in [0.1, 0.15) is 11.5 Å². The van der Waals surface area contributed by atoms with Gasteiger partial charge < -0.3 is 11.1 Å². The molecule has 0 unspecified atom stereocenters. The third-order valence-corrected chi connectivity index (χ3v) is 4.09. The van der Waals surface area contributed by atoms with Gasteiger partial charge in [-0.2, -0.15) is 0 Å². The van der Waals surface area contributed by atoms with Crippen molar-refractivity contribution in [2.75, 3.05) is 5.32 Å². The molecule has 27 heavy (non-hydrogen) atoms. The van der Waals surface area contributed by atoms with Gasteiger partial charge in [0.15, 0.2) is 5.82 Å². The molecule has 132 valence electrons. The van der Waals surface area contributed by atoms with Gasteiger partial charge in [-0.05, 0) is 31.2 Å². The molecule has 0 fully saturated rings. The fourth-order valence-corrected chi connectivity index (χ4v) is 2.80. The van der Waals surface area contributed by atoms with Crippen molar-refractivity contribution >= 4 is 28.3 Å². The number of para-hydroxylation sites is 1. The monoisotopic (exact) mass is 356 g/mol. The molecular weight excluding hydrogens is 340 g/mol. The van der Waals surface area contributed by atoms with Crippen molar-refractivity contribution in [3.05, 3.63) is 72.2 Å². The van der Waals surface area contributed by atoms with E-state index in [1.807, 2.05) is 31.2 Å². The summed E-state index contributed by atoms with van der Waals surface area (Å²) in [4.78, 5) is 29.3. The minimum absolute atomic E-state index is 0.387. The van der Waals surface area contributed by atoms with E-state index in [2.05, 4.69) is 25.3 Å². The SMILES string of the molecule is Cc1ccc2nc(-c3cnccn3)nc(Nc3ccccc3C(N)=O)c2c1. The Morgan fingerprint density at radius 2 is 1.93 bits per heavy atom. The van der Waals surface area contributed by atoms with Crippen molar-refractivity contribution in [3.8, 4) is 11.5 Å². The third kappa shape index (κ3) is 3.30. The first-order valence-electron chi connectivity index (χ1n) is 8.32. The quantitative estimate of drug-likeness (QED) is 0.581. The van der Waals surface area contributed by atoms with E-state index in [4.69, 9.17) is 5.73 Å². The van der Waals surface area contributed by atoms with E-state index in [9.17, 15) is 4.79 Å². The molecule has 0 saturated heterocycles. The first-order valence-corrected chi connectivity index (χ1v) is 8.32. The van der Waals surface area contributed by atoms with Gasteiger partial charge in [-0.15, -0.1) is 0 Å². The Morgan fingerprint density at radius 1 is 1.07 bits per heavy atom. The Hall–Kier alpha value is -3.87. The van der Waals surface area contributed by atoms with E-state index in [1.165, 1.54) is 0 Å². The largest absolute Gasteiger partial charge is 0.366 e. The number of benzene rings is 2. The van der Waals surface area contributed by atoms with E-state index in [0.29, 0.717) is 28.6 Å². The maximum absolute atomic E-state index is 11.7. The fraction of sp³-hybridized carbons (Fsp3) is 0.0500. The topological polar surface area (TPSA) is 107 Å². The first-order chi connectivity index (χ1) is 13.1. The molecule has 0 aliphatic heterocycles. The normalized spacial score (nSPS) is 10.7. The fourth-order valence-electron chi connectivity index (χ4n) is 2.80. The summed E-state index contributed by atoms with van der Waals surface area (Å²) >= 11 is 0. The number of carbonyl (C=O) groups excluding carboxylic acids is 1. The van der Waals surface area contributed by atoms with Crippen LogP contribution in [-0.4, -0.2) is 25.8 Å². The Bertz CT molecular complexity index is 1140. The number of nitrogens with zero attached hydrogens (tertiary/aromatic N) is 4. The summed E-state index contributed by atoms with van der Waals surface area (Å²) in [6, 6.07) is 12.9. The van der Waals surface area contributed by atoms with Gasteiger partial charge in [-0.25, -0.2) is 15.0 Å². The van der Waals surface area contributed by atoms with Gasteiger partial charge in [0.25, 0.3) is 5.91 Å². The zero-order valence-corrected chi connectivity index (χ0v) is 14.5. The molecule has 1 amide bonds. The number of hydrogen-bond donors (Lipinski definition) is 2. The number of amides is 1. The Balaban J connectivity index is 1.91. The maximum atomic E-state index is 11.7. The maximum Gasteiger partial charge on any atom is 0.250 e. The van der Waals surface area contributed by atoms with Crippen molar-refractivity contribution in [2.45, 2.75) is 6.92 Å². The number of primary amides is 1. The predicted molar refractivity (Wildman–Crippen MR) is 104 cm³/mol. The Labute approximate surface area is 155 Å². The minimum Gasteiger partial charge on any atom is -0.366 e. The number of fused-ring (bicyclic) bond motifs is 1. The number of carbonyl (C=O) groups is 1. The van der Waals surface area contributed by atoms with Crippen LogP contribution < -0.4 is 11.1 Å². The molecule has 2 aromatic heterocycles. The van der Waals surface area contributed by atoms with Gasteiger partial charge in [0.2, 0.25) is 0 Å². The Morgan fingerprint density at radius 3 is 2.70 bits per heavy atom. The summed E-state index contributed by atoms with van der Waals surface area (Å²) in [5, 5.41) is 4.07. The molecule has 0 aliphatic carbocycles. The van der Waals surface area contributed by atoms with E-state index >= 15 is 0 Å². The van der Waals surface area contributed by atoms with Crippen LogP contribution in [0.5, 0.6) is 0 Å². The molecule has 0 radical (unpaired) electrons. The average molecular weight is 356 g/mol. The molecular formula is C20H16N6O. The van der Waals surface area contributed by atoms with Crippen LogP contribution in [0.4, 0.5) is 11.5 Å². The lowest BCUT2D eigenvalue weighted by Crippen LogP contribution is -2.13. The van der Waals surface area contributed by atoms with Crippen LogP contribution in [0.15, 0.2) is 61.1 Å². The van der Waals surface area contributed by atoms with Crippen LogP contribution in [0.1, 0.15) is 15.9 Å².